The number of furan rings is 1. The molecule has 1 saturated heterocycles. The molecule has 6 aromatic rings. The predicted octanol–water partition coefficient (Wildman–Crippen LogP) is 5.42. The van der Waals surface area contributed by atoms with Gasteiger partial charge < -0.3 is 9.40 Å². The van der Waals surface area contributed by atoms with Gasteiger partial charge in [-0.25, -0.2) is 0 Å². The number of pyridine rings is 3. The average Bonchev–Trinajstić information content (AvgIpc) is 3.70. The zero-order chi connectivity index (χ0) is 23.2. The minimum Gasteiger partial charge on any atom is -0.472 e. The van der Waals surface area contributed by atoms with E-state index in [9.17, 15) is 0 Å². The summed E-state index contributed by atoms with van der Waals surface area (Å²) >= 11 is 0. The maximum atomic E-state index is 5.28. The topological polar surface area (TPSA) is 99.5 Å². The molecule has 1 fully saturated rings. The zero-order valence-electron chi connectivity index (χ0n) is 19.0. The summed E-state index contributed by atoms with van der Waals surface area (Å²) in [4.78, 5) is 19.6. The second-order valence-electron chi connectivity index (χ2n) is 9.10. The summed E-state index contributed by atoms with van der Waals surface area (Å²) in [6.07, 6.45) is 15.3. The monoisotopic (exact) mass is 461 g/mol. The van der Waals surface area contributed by atoms with Gasteiger partial charge in [-0.15, -0.1) is 0 Å². The minimum atomic E-state index is 0.846. The number of aromatic nitrogens is 6. The van der Waals surface area contributed by atoms with Crippen molar-refractivity contribution in [3.8, 4) is 33.8 Å². The number of aromatic amines is 2. The van der Waals surface area contributed by atoms with Crippen LogP contribution >= 0.6 is 0 Å². The predicted molar refractivity (Wildman–Crippen MR) is 134 cm³/mol. The SMILES string of the molecule is c1cc(-c2cncc3[nH]c(-c4n[nH]c5cnc(-c6cncc(CN7CCCC7)c6)cc45)cc23)co1. The molecule has 0 atom stereocenters. The van der Waals surface area contributed by atoms with Crippen LogP contribution in [0.5, 0.6) is 0 Å². The highest BCUT2D eigenvalue weighted by molar-refractivity contribution is 6.00. The molecule has 0 bridgehead atoms. The number of fused-ring (bicyclic) bond motifs is 2. The molecule has 0 amide bonds. The van der Waals surface area contributed by atoms with Crippen molar-refractivity contribution in [3.05, 3.63) is 73.3 Å². The molecule has 8 heteroatoms. The molecule has 0 unspecified atom stereocenters. The highest BCUT2D eigenvalue weighted by Crippen LogP contribution is 2.34. The summed E-state index contributed by atoms with van der Waals surface area (Å²) in [7, 11) is 0. The van der Waals surface area contributed by atoms with E-state index in [4.69, 9.17) is 9.40 Å². The first-order valence-corrected chi connectivity index (χ1v) is 11.8. The van der Waals surface area contributed by atoms with Crippen molar-refractivity contribution in [1.82, 2.24) is 35.0 Å². The van der Waals surface area contributed by atoms with Gasteiger partial charge in [-0.05, 0) is 55.8 Å². The van der Waals surface area contributed by atoms with Crippen LogP contribution in [0.2, 0.25) is 0 Å². The quantitative estimate of drug-likeness (QED) is 0.356. The Morgan fingerprint density at radius 1 is 0.886 bits per heavy atom. The summed E-state index contributed by atoms with van der Waals surface area (Å²) < 4.78 is 5.28. The average molecular weight is 462 g/mol. The Morgan fingerprint density at radius 2 is 1.80 bits per heavy atom. The zero-order valence-corrected chi connectivity index (χ0v) is 19.0. The van der Waals surface area contributed by atoms with Crippen molar-refractivity contribution in [1.29, 1.82) is 0 Å². The van der Waals surface area contributed by atoms with Crippen LogP contribution in [0, 0.1) is 0 Å². The fourth-order valence-electron chi connectivity index (χ4n) is 5.02. The molecule has 7 heterocycles. The lowest BCUT2D eigenvalue weighted by atomic mass is 10.1. The molecule has 0 aliphatic carbocycles. The minimum absolute atomic E-state index is 0.846. The number of nitrogens with zero attached hydrogens (tertiary/aromatic N) is 5. The van der Waals surface area contributed by atoms with Gasteiger partial charge in [-0.3, -0.25) is 25.0 Å². The number of H-pyrrole nitrogens is 2. The smallest absolute Gasteiger partial charge is 0.116 e. The summed E-state index contributed by atoms with van der Waals surface area (Å²) in [6, 6.07) is 8.35. The maximum Gasteiger partial charge on any atom is 0.116 e. The molecule has 0 radical (unpaired) electrons. The summed E-state index contributed by atoms with van der Waals surface area (Å²) in [6.45, 7) is 3.26. The van der Waals surface area contributed by atoms with Gasteiger partial charge >= 0.3 is 0 Å². The van der Waals surface area contributed by atoms with E-state index in [0.717, 1.165) is 75.2 Å². The molecular formula is C27H23N7O. The van der Waals surface area contributed by atoms with Crippen molar-refractivity contribution in [2.24, 2.45) is 0 Å². The van der Waals surface area contributed by atoms with E-state index < -0.39 is 0 Å². The molecule has 1 aliphatic heterocycles. The fourth-order valence-corrected chi connectivity index (χ4v) is 5.02. The number of hydrogen-bond donors (Lipinski definition) is 2. The van der Waals surface area contributed by atoms with Gasteiger partial charge in [0.15, 0.2) is 0 Å². The Labute approximate surface area is 201 Å². The highest BCUT2D eigenvalue weighted by atomic mass is 16.3. The first-order chi connectivity index (χ1) is 17.3. The van der Waals surface area contributed by atoms with Crippen LogP contribution in [0.4, 0.5) is 0 Å². The molecule has 8 nitrogen and oxygen atoms in total. The van der Waals surface area contributed by atoms with Crippen molar-refractivity contribution in [3.63, 3.8) is 0 Å². The van der Waals surface area contributed by atoms with Crippen LogP contribution in [-0.4, -0.2) is 48.1 Å². The van der Waals surface area contributed by atoms with Crippen molar-refractivity contribution in [2.45, 2.75) is 19.4 Å². The van der Waals surface area contributed by atoms with E-state index in [-0.39, 0.29) is 0 Å². The van der Waals surface area contributed by atoms with Crippen molar-refractivity contribution < 1.29 is 4.42 Å². The van der Waals surface area contributed by atoms with E-state index in [1.165, 1.54) is 18.4 Å². The van der Waals surface area contributed by atoms with Crippen molar-refractivity contribution >= 4 is 21.8 Å². The molecule has 2 N–H and O–H groups in total. The Bertz CT molecular complexity index is 1640. The van der Waals surface area contributed by atoms with Crippen LogP contribution < -0.4 is 0 Å². The standard InChI is InChI=1S/C27H23N7O/c1-2-5-34(4-1)15-17-7-19(11-28-10-17)23-9-21-26(14-30-23)32-33-27(21)24-8-20-22(18-3-6-35-16-18)12-29-13-25(20)31-24/h3,6-14,16,31H,1-2,4-5,15H2,(H,32,33). The third kappa shape index (κ3) is 3.59. The Hall–Kier alpha value is -4.30. The maximum absolute atomic E-state index is 5.28. The van der Waals surface area contributed by atoms with Gasteiger partial charge in [0.1, 0.15) is 5.69 Å². The first-order valence-electron chi connectivity index (χ1n) is 11.8. The van der Waals surface area contributed by atoms with Crippen LogP contribution in [0.15, 0.2) is 72.2 Å². The highest BCUT2D eigenvalue weighted by Gasteiger charge is 2.16. The molecule has 7 rings (SSSR count). The second-order valence-corrected chi connectivity index (χ2v) is 9.10. The van der Waals surface area contributed by atoms with Gasteiger partial charge in [-0.2, -0.15) is 5.10 Å². The van der Waals surface area contributed by atoms with Crippen LogP contribution in [0.25, 0.3) is 55.6 Å². The fraction of sp³-hybridized carbons (Fsp3) is 0.185. The van der Waals surface area contributed by atoms with E-state index in [0.29, 0.717) is 0 Å². The normalized spacial score (nSPS) is 14.4. The van der Waals surface area contributed by atoms with Crippen molar-refractivity contribution in [2.75, 3.05) is 13.1 Å². The van der Waals surface area contributed by atoms with E-state index >= 15 is 0 Å². The molecule has 1 aliphatic rings. The van der Waals surface area contributed by atoms with E-state index in [2.05, 4.69) is 48.2 Å². The summed E-state index contributed by atoms with van der Waals surface area (Å²) in [5, 5.41) is 9.82. The number of rotatable bonds is 5. The Kier molecular flexibility index (Phi) is 4.70. The van der Waals surface area contributed by atoms with E-state index in [1.807, 2.05) is 37.1 Å². The van der Waals surface area contributed by atoms with Gasteiger partial charge in [0.25, 0.3) is 0 Å². The summed E-state index contributed by atoms with van der Waals surface area (Å²) in [5.74, 6) is 0. The number of likely N-dealkylation sites (tertiary alicyclic amines) is 1. The van der Waals surface area contributed by atoms with Crippen LogP contribution in [0.3, 0.4) is 0 Å². The first kappa shape index (κ1) is 20.1. The third-order valence-corrected chi connectivity index (χ3v) is 6.78. The van der Waals surface area contributed by atoms with Crippen LogP contribution in [-0.2, 0) is 6.54 Å². The van der Waals surface area contributed by atoms with Gasteiger partial charge in [0.2, 0.25) is 0 Å². The van der Waals surface area contributed by atoms with Gasteiger partial charge in [-0.1, -0.05) is 0 Å². The third-order valence-electron chi connectivity index (χ3n) is 6.78. The van der Waals surface area contributed by atoms with Gasteiger partial charge in [0, 0.05) is 52.6 Å². The van der Waals surface area contributed by atoms with E-state index in [1.54, 1.807) is 12.5 Å². The summed E-state index contributed by atoms with van der Waals surface area (Å²) in [5.41, 5.74) is 8.72. The van der Waals surface area contributed by atoms with Crippen LogP contribution in [0.1, 0.15) is 18.4 Å². The molecule has 0 aromatic carbocycles. The molecule has 0 spiro atoms. The lowest BCUT2D eigenvalue weighted by Crippen LogP contribution is -2.18. The Morgan fingerprint density at radius 3 is 2.69 bits per heavy atom. The molecule has 0 saturated carbocycles. The van der Waals surface area contributed by atoms with Gasteiger partial charge in [0.05, 0.1) is 47.3 Å². The molecule has 6 aromatic heterocycles. The molecule has 35 heavy (non-hydrogen) atoms. The number of nitrogens with one attached hydrogen (secondary N) is 2. The largest absolute Gasteiger partial charge is 0.472 e. The lowest BCUT2D eigenvalue weighted by Gasteiger charge is -2.14. The Balaban J connectivity index is 1.28. The number of hydrogen-bond acceptors (Lipinski definition) is 6. The second kappa shape index (κ2) is 8.18. The molecule has 172 valence electrons. The lowest BCUT2D eigenvalue weighted by molar-refractivity contribution is 0.331. The molecular weight excluding hydrogens is 438 g/mol.